The Kier molecular flexibility index (Phi) is 4.08. The summed E-state index contributed by atoms with van der Waals surface area (Å²) >= 11 is 5.93. The van der Waals surface area contributed by atoms with E-state index in [1.165, 1.54) is 0 Å². The number of aromatic nitrogens is 4. The summed E-state index contributed by atoms with van der Waals surface area (Å²) < 4.78 is 39.8. The van der Waals surface area contributed by atoms with Crippen molar-refractivity contribution in [3.05, 3.63) is 51.8 Å². The third-order valence-electron chi connectivity index (χ3n) is 3.70. The largest absolute Gasteiger partial charge is 0.453 e. The van der Waals surface area contributed by atoms with Crippen molar-refractivity contribution in [2.75, 3.05) is 5.32 Å². The van der Waals surface area contributed by atoms with Crippen LogP contribution in [0.1, 0.15) is 22.5 Å². The van der Waals surface area contributed by atoms with E-state index in [0.717, 1.165) is 10.1 Å². The number of aryl methyl sites for hydroxylation is 1. The minimum Gasteiger partial charge on any atom is -0.364 e. The van der Waals surface area contributed by atoms with Crippen LogP contribution in [-0.4, -0.2) is 19.8 Å². The van der Waals surface area contributed by atoms with Crippen LogP contribution in [0.4, 0.5) is 19.0 Å². The highest BCUT2D eigenvalue weighted by atomic mass is 35.5. The van der Waals surface area contributed by atoms with Crippen molar-refractivity contribution in [2.45, 2.75) is 26.6 Å². The normalized spacial score (nSPS) is 11.9. The molecule has 1 aromatic carbocycles. The summed E-state index contributed by atoms with van der Waals surface area (Å²) in [6, 6.07) is 7.18. The summed E-state index contributed by atoms with van der Waals surface area (Å²) in [5.41, 5.74) is 2.28. The topological polar surface area (TPSA) is 55.1 Å². The molecular formula is C15H13ClF3N5. The van der Waals surface area contributed by atoms with Gasteiger partial charge >= 0.3 is 6.18 Å². The third kappa shape index (κ3) is 3.01. The van der Waals surface area contributed by atoms with Crippen molar-refractivity contribution < 1.29 is 13.2 Å². The van der Waals surface area contributed by atoms with Crippen molar-refractivity contribution in [2.24, 2.45) is 0 Å². The molecule has 9 heteroatoms. The number of hydrogen-bond donors (Lipinski definition) is 1. The highest BCUT2D eigenvalue weighted by Crippen LogP contribution is 2.29. The third-order valence-corrected chi connectivity index (χ3v) is 3.93. The maximum absolute atomic E-state index is 13.0. The lowest BCUT2D eigenvalue weighted by Crippen LogP contribution is -2.15. The predicted octanol–water partition coefficient (Wildman–Crippen LogP) is 4.03. The van der Waals surface area contributed by atoms with E-state index in [2.05, 4.69) is 20.6 Å². The first-order valence-electron chi connectivity index (χ1n) is 7.05. The Morgan fingerprint density at radius 1 is 1.17 bits per heavy atom. The van der Waals surface area contributed by atoms with Gasteiger partial charge in [-0.3, -0.25) is 0 Å². The van der Waals surface area contributed by atoms with Gasteiger partial charge in [0.1, 0.15) is 0 Å². The second-order valence-corrected chi connectivity index (χ2v) is 5.78. The zero-order valence-corrected chi connectivity index (χ0v) is 13.6. The molecule has 0 saturated carbocycles. The Labute approximate surface area is 140 Å². The van der Waals surface area contributed by atoms with Crippen molar-refractivity contribution >= 4 is 23.1 Å². The van der Waals surface area contributed by atoms with Crippen molar-refractivity contribution in [1.82, 2.24) is 19.8 Å². The van der Waals surface area contributed by atoms with Gasteiger partial charge in [-0.2, -0.15) is 17.7 Å². The first kappa shape index (κ1) is 16.5. The fraction of sp³-hybridized carbons (Fsp3) is 0.267. The van der Waals surface area contributed by atoms with Crippen LogP contribution in [0.5, 0.6) is 0 Å². The molecule has 0 amide bonds. The second-order valence-electron chi connectivity index (χ2n) is 5.34. The van der Waals surface area contributed by atoms with Crippen LogP contribution < -0.4 is 5.32 Å². The summed E-state index contributed by atoms with van der Waals surface area (Å²) in [4.78, 5) is 0. The summed E-state index contributed by atoms with van der Waals surface area (Å²) in [7, 11) is 0. The Morgan fingerprint density at radius 2 is 1.92 bits per heavy atom. The number of rotatable bonds is 3. The van der Waals surface area contributed by atoms with Gasteiger partial charge in [0.15, 0.2) is 11.5 Å². The highest BCUT2D eigenvalue weighted by molar-refractivity contribution is 6.30. The molecule has 0 unspecified atom stereocenters. The minimum absolute atomic E-state index is 0.0909. The standard InChI is InChI=1S/C15H13ClF3N5/c1-8-9(2)13-21-22-14(15(17,18)19)24(13)23-12(8)20-7-10-4-3-5-11(16)6-10/h3-6H,7H2,1-2H3,(H,20,23). The summed E-state index contributed by atoms with van der Waals surface area (Å²) in [5, 5.41) is 14.5. The molecule has 0 spiro atoms. The summed E-state index contributed by atoms with van der Waals surface area (Å²) in [5.74, 6) is -0.809. The summed E-state index contributed by atoms with van der Waals surface area (Å²) in [6.45, 7) is 3.83. The van der Waals surface area contributed by atoms with E-state index in [4.69, 9.17) is 11.6 Å². The van der Waals surface area contributed by atoms with E-state index in [1.807, 2.05) is 6.07 Å². The van der Waals surface area contributed by atoms with Crippen LogP contribution in [0.2, 0.25) is 5.02 Å². The van der Waals surface area contributed by atoms with Gasteiger partial charge in [0, 0.05) is 17.1 Å². The molecule has 0 atom stereocenters. The number of benzene rings is 1. The van der Waals surface area contributed by atoms with Gasteiger partial charge in [0.2, 0.25) is 0 Å². The average Bonchev–Trinajstić information content (AvgIpc) is 2.93. The molecule has 0 bridgehead atoms. The SMILES string of the molecule is Cc1c(NCc2cccc(Cl)c2)nn2c(C(F)(F)F)nnc2c1C. The highest BCUT2D eigenvalue weighted by Gasteiger charge is 2.38. The number of anilines is 1. The molecule has 0 fully saturated rings. The molecule has 3 aromatic rings. The van der Waals surface area contributed by atoms with Gasteiger partial charge in [0.05, 0.1) is 0 Å². The second kappa shape index (κ2) is 5.94. The van der Waals surface area contributed by atoms with E-state index in [1.54, 1.807) is 32.0 Å². The Bertz CT molecular complexity index is 904. The zero-order chi connectivity index (χ0) is 17.5. The lowest BCUT2D eigenvalue weighted by Gasteiger charge is -2.12. The summed E-state index contributed by atoms with van der Waals surface area (Å²) in [6.07, 6.45) is -4.63. The zero-order valence-electron chi connectivity index (χ0n) is 12.8. The molecular weight excluding hydrogens is 343 g/mol. The molecule has 24 heavy (non-hydrogen) atoms. The van der Waals surface area contributed by atoms with Crippen molar-refractivity contribution in [3.8, 4) is 0 Å². The monoisotopic (exact) mass is 355 g/mol. The number of halogens is 4. The average molecular weight is 356 g/mol. The first-order chi connectivity index (χ1) is 11.3. The van der Waals surface area contributed by atoms with Crippen molar-refractivity contribution in [3.63, 3.8) is 0 Å². The molecule has 0 aliphatic rings. The molecule has 0 aliphatic heterocycles. The van der Waals surface area contributed by atoms with Gasteiger partial charge in [-0.25, -0.2) is 0 Å². The number of hydrogen-bond acceptors (Lipinski definition) is 4. The van der Waals surface area contributed by atoms with E-state index < -0.39 is 12.0 Å². The molecule has 2 aromatic heterocycles. The molecule has 3 rings (SSSR count). The van der Waals surface area contributed by atoms with Crippen LogP contribution in [0.25, 0.3) is 5.65 Å². The Morgan fingerprint density at radius 3 is 2.58 bits per heavy atom. The van der Waals surface area contributed by atoms with E-state index >= 15 is 0 Å². The molecule has 0 saturated heterocycles. The number of alkyl halides is 3. The number of nitrogens with zero attached hydrogens (tertiary/aromatic N) is 4. The number of fused-ring (bicyclic) bond motifs is 1. The lowest BCUT2D eigenvalue weighted by molar-refractivity contribution is -0.146. The predicted molar refractivity (Wildman–Crippen MR) is 84.0 cm³/mol. The van der Waals surface area contributed by atoms with Gasteiger partial charge < -0.3 is 5.32 Å². The first-order valence-corrected chi connectivity index (χ1v) is 7.43. The Balaban J connectivity index is 2.00. The molecule has 1 N–H and O–H groups in total. The van der Waals surface area contributed by atoms with Crippen LogP contribution in [0, 0.1) is 13.8 Å². The van der Waals surface area contributed by atoms with Crippen molar-refractivity contribution in [1.29, 1.82) is 0 Å². The van der Waals surface area contributed by atoms with E-state index in [9.17, 15) is 13.2 Å². The molecule has 126 valence electrons. The maximum Gasteiger partial charge on any atom is 0.453 e. The molecule has 0 radical (unpaired) electrons. The van der Waals surface area contributed by atoms with Crippen LogP contribution in [0.15, 0.2) is 24.3 Å². The molecule has 2 heterocycles. The fourth-order valence-electron chi connectivity index (χ4n) is 2.31. The number of nitrogens with one attached hydrogen (secondary N) is 1. The van der Waals surface area contributed by atoms with E-state index in [-0.39, 0.29) is 5.65 Å². The van der Waals surface area contributed by atoms with Gasteiger partial charge in [0.25, 0.3) is 5.82 Å². The quantitative estimate of drug-likeness (QED) is 0.770. The smallest absolute Gasteiger partial charge is 0.364 e. The van der Waals surface area contributed by atoms with Crippen LogP contribution in [0.3, 0.4) is 0 Å². The minimum atomic E-state index is -4.63. The fourth-order valence-corrected chi connectivity index (χ4v) is 2.52. The van der Waals surface area contributed by atoms with E-state index in [0.29, 0.717) is 28.5 Å². The maximum atomic E-state index is 13.0. The van der Waals surface area contributed by atoms with Crippen LogP contribution >= 0.6 is 11.6 Å². The van der Waals surface area contributed by atoms with Gasteiger partial charge in [-0.1, -0.05) is 23.7 Å². The molecule has 0 aliphatic carbocycles. The lowest BCUT2D eigenvalue weighted by atomic mass is 10.1. The van der Waals surface area contributed by atoms with Crippen LogP contribution in [-0.2, 0) is 12.7 Å². The van der Waals surface area contributed by atoms with Gasteiger partial charge in [-0.05, 0) is 37.1 Å². The van der Waals surface area contributed by atoms with Gasteiger partial charge in [-0.15, -0.1) is 15.3 Å². The molecule has 5 nitrogen and oxygen atoms in total. The Hall–Kier alpha value is -2.35.